The van der Waals surface area contributed by atoms with E-state index in [1.807, 2.05) is 6.08 Å². The van der Waals surface area contributed by atoms with Gasteiger partial charge in [0.05, 0.1) is 13.2 Å². The lowest BCUT2D eigenvalue weighted by molar-refractivity contribution is -0.128. The minimum absolute atomic E-state index is 0.105. The molecule has 0 radical (unpaired) electrons. The Morgan fingerprint density at radius 2 is 1.00 bits per heavy atom. The van der Waals surface area contributed by atoms with Gasteiger partial charge in [0, 0.05) is 25.1 Å². The van der Waals surface area contributed by atoms with Gasteiger partial charge in [-0.15, -0.1) is 0 Å². The van der Waals surface area contributed by atoms with Crippen molar-refractivity contribution in [3.8, 4) is 0 Å². The summed E-state index contributed by atoms with van der Waals surface area (Å²) in [5.74, 6) is 0.120. The highest BCUT2D eigenvalue weighted by Gasteiger charge is 2.13. The van der Waals surface area contributed by atoms with Crippen LogP contribution in [0.15, 0.2) is 46.6 Å². The van der Waals surface area contributed by atoms with Gasteiger partial charge in [-0.2, -0.15) is 0 Å². The summed E-state index contributed by atoms with van der Waals surface area (Å²) in [7, 11) is 0. The molecule has 1 amide bonds. The molecule has 5 heteroatoms. The van der Waals surface area contributed by atoms with E-state index >= 15 is 0 Å². The van der Waals surface area contributed by atoms with Crippen molar-refractivity contribution in [3.63, 3.8) is 0 Å². The average Bonchev–Trinajstić information content (AvgIpc) is 2.72. The Hall–Kier alpha value is -1.98. The Morgan fingerprint density at radius 1 is 0.625 bits per heavy atom. The third kappa shape index (κ3) is 15.8. The number of rotatable bonds is 17. The van der Waals surface area contributed by atoms with E-state index in [4.69, 9.17) is 10.2 Å². The summed E-state index contributed by atoms with van der Waals surface area (Å²) in [6.07, 6.45) is 16.1. The molecule has 0 aliphatic rings. The van der Waals surface area contributed by atoms with Crippen LogP contribution in [-0.4, -0.2) is 53.1 Å². The number of hydrogen-bond donors (Lipinski definition) is 2. The first-order valence-corrected chi connectivity index (χ1v) is 11.8. The Labute approximate surface area is 195 Å². The van der Waals surface area contributed by atoms with Crippen LogP contribution in [0.4, 0.5) is 0 Å². The van der Waals surface area contributed by atoms with Gasteiger partial charge in [0.25, 0.3) is 0 Å². The molecule has 0 aliphatic carbocycles. The van der Waals surface area contributed by atoms with Crippen molar-refractivity contribution in [2.75, 3.05) is 26.3 Å². The van der Waals surface area contributed by atoms with Crippen molar-refractivity contribution >= 4 is 11.7 Å². The van der Waals surface area contributed by atoms with Gasteiger partial charge >= 0.3 is 0 Å². The Balaban J connectivity index is 4.32. The summed E-state index contributed by atoms with van der Waals surface area (Å²) < 4.78 is 0. The van der Waals surface area contributed by atoms with E-state index in [0.717, 1.165) is 44.9 Å². The van der Waals surface area contributed by atoms with Crippen molar-refractivity contribution in [2.45, 2.75) is 86.0 Å². The molecule has 0 spiro atoms. The predicted octanol–water partition coefficient (Wildman–Crippen LogP) is 5.29. The molecule has 2 N–H and O–H groups in total. The lowest BCUT2D eigenvalue weighted by Gasteiger charge is -2.20. The first-order chi connectivity index (χ1) is 15.2. The summed E-state index contributed by atoms with van der Waals surface area (Å²) in [6, 6.07) is 0. The number of aliphatic hydroxyl groups excluding tert-OH is 2. The van der Waals surface area contributed by atoms with Crippen LogP contribution in [0, 0.1) is 0 Å². The number of carbonyl (C=O) groups excluding carboxylic acids is 2. The van der Waals surface area contributed by atoms with E-state index in [0.29, 0.717) is 12.0 Å². The van der Waals surface area contributed by atoms with Crippen LogP contribution in [0.3, 0.4) is 0 Å². The van der Waals surface area contributed by atoms with Crippen molar-refractivity contribution < 1.29 is 19.8 Å². The van der Waals surface area contributed by atoms with Gasteiger partial charge in [-0.05, 0) is 79.6 Å². The molecule has 5 nitrogen and oxygen atoms in total. The van der Waals surface area contributed by atoms with Crippen LogP contribution in [-0.2, 0) is 9.59 Å². The number of carbonyl (C=O) groups is 2. The molecule has 32 heavy (non-hydrogen) atoms. The fourth-order valence-corrected chi connectivity index (χ4v) is 3.33. The minimum atomic E-state index is -0.126. The van der Waals surface area contributed by atoms with Crippen molar-refractivity contribution in [1.82, 2.24) is 4.90 Å². The summed E-state index contributed by atoms with van der Waals surface area (Å²) in [6.45, 7) is 10.1. The zero-order valence-corrected chi connectivity index (χ0v) is 21.0. The zero-order valence-electron chi connectivity index (χ0n) is 21.0. The maximum absolute atomic E-state index is 12.4. The number of aliphatic hydroxyl groups is 2. The number of nitrogens with zero attached hydrogens (tertiary/aromatic N) is 1. The predicted molar refractivity (Wildman–Crippen MR) is 133 cm³/mol. The number of hydrogen-bond acceptors (Lipinski definition) is 4. The Bertz CT molecular complexity index is 680. The number of ketones is 1. The average molecular weight is 448 g/mol. The normalized spacial score (nSPS) is 13.5. The number of allylic oxidation sites excluding steroid dienone is 7. The quantitative estimate of drug-likeness (QED) is 0.234. The van der Waals surface area contributed by atoms with E-state index in [2.05, 4.69) is 39.0 Å². The van der Waals surface area contributed by atoms with Gasteiger partial charge in [0.2, 0.25) is 5.91 Å². The van der Waals surface area contributed by atoms with E-state index in [1.54, 1.807) is 13.8 Å². The topological polar surface area (TPSA) is 77.8 Å². The second kappa shape index (κ2) is 18.6. The highest BCUT2D eigenvalue weighted by Crippen LogP contribution is 2.14. The minimum Gasteiger partial charge on any atom is -0.395 e. The lowest BCUT2D eigenvalue weighted by Crippen LogP contribution is -2.36. The molecule has 0 atom stereocenters. The molecule has 0 heterocycles. The number of amides is 1. The van der Waals surface area contributed by atoms with E-state index in [-0.39, 0.29) is 38.0 Å². The molecule has 0 aromatic carbocycles. The number of Topliss-reactive ketones (excluding diaryl/α,β-unsaturated/α-hetero) is 1. The molecule has 0 saturated carbocycles. The fourth-order valence-electron chi connectivity index (χ4n) is 3.33. The van der Waals surface area contributed by atoms with Gasteiger partial charge < -0.3 is 19.9 Å². The maximum Gasteiger partial charge on any atom is 0.249 e. The third-order valence-corrected chi connectivity index (χ3v) is 5.41. The van der Waals surface area contributed by atoms with Gasteiger partial charge in [-0.3, -0.25) is 4.79 Å². The van der Waals surface area contributed by atoms with Gasteiger partial charge in [0.15, 0.2) is 0 Å². The van der Waals surface area contributed by atoms with Gasteiger partial charge in [-0.1, -0.05) is 41.0 Å². The molecule has 0 aliphatic heterocycles. The van der Waals surface area contributed by atoms with Crippen LogP contribution < -0.4 is 0 Å². The SMILES string of the molecule is CC(=O)CC/C=C(\C)CC/C=C(\C)CC/C=C(\C)CC/C=C(\C)C(=O)N(CCO)CCO. The second-order valence-electron chi connectivity index (χ2n) is 8.63. The summed E-state index contributed by atoms with van der Waals surface area (Å²) in [4.78, 5) is 24.8. The summed E-state index contributed by atoms with van der Waals surface area (Å²) in [5, 5.41) is 18.1. The Kier molecular flexibility index (Phi) is 17.4. The second-order valence-corrected chi connectivity index (χ2v) is 8.63. The molecule has 0 aromatic rings. The standard InChI is InChI=1S/C27H45NO4/c1-22(11-7-13-24(3)15-9-17-26(5)31)10-6-12-23(2)14-8-16-25(4)27(32)28(18-20-29)19-21-30/h11-12,15-16,29-30H,6-10,13-14,17-21H2,1-5H3/b22-11+,23-12+,24-15+,25-16+. The van der Waals surface area contributed by atoms with E-state index in [9.17, 15) is 9.59 Å². The monoisotopic (exact) mass is 447 g/mol. The van der Waals surface area contributed by atoms with E-state index in [1.165, 1.54) is 21.6 Å². The highest BCUT2D eigenvalue weighted by atomic mass is 16.3. The van der Waals surface area contributed by atoms with Gasteiger partial charge in [0.1, 0.15) is 5.78 Å². The van der Waals surface area contributed by atoms with Crippen LogP contribution in [0.2, 0.25) is 0 Å². The molecular weight excluding hydrogens is 402 g/mol. The van der Waals surface area contributed by atoms with Crippen molar-refractivity contribution in [3.05, 3.63) is 46.6 Å². The lowest BCUT2D eigenvalue weighted by atomic mass is 10.0. The van der Waals surface area contributed by atoms with Crippen LogP contribution in [0.25, 0.3) is 0 Å². The molecule has 0 saturated heterocycles. The third-order valence-electron chi connectivity index (χ3n) is 5.41. The first-order valence-electron chi connectivity index (χ1n) is 11.8. The van der Waals surface area contributed by atoms with Crippen molar-refractivity contribution in [1.29, 1.82) is 0 Å². The van der Waals surface area contributed by atoms with Crippen LogP contribution >= 0.6 is 0 Å². The van der Waals surface area contributed by atoms with Crippen LogP contribution in [0.5, 0.6) is 0 Å². The molecule has 0 fully saturated rings. The van der Waals surface area contributed by atoms with Crippen LogP contribution in [0.1, 0.15) is 86.0 Å². The van der Waals surface area contributed by atoms with E-state index < -0.39 is 0 Å². The molecule has 0 unspecified atom stereocenters. The molecular formula is C27H45NO4. The van der Waals surface area contributed by atoms with Crippen molar-refractivity contribution in [2.24, 2.45) is 0 Å². The molecule has 0 aromatic heterocycles. The smallest absolute Gasteiger partial charge is 0.249 e. The molecule has 0 bridgehead atoms. The first kappa shape index (κ1) is 30.0. The Morgan fingerprint density at radius 3 is 1.38 bits per heavy atom. The molecule has 182 valence electrons. The zero-order chi connectivity index (χ0) is 24.4. The highest BCUT2D eigenvalue weighted by molar-refractivity contribution is 5.92. The fraction of sp³-hybridized carbons (Fsp3) is 0.630. The summed E-state index contributed by atoms with van der Waals surface area (Å²) in [5.41, 5.74) is 4.73. The molecule has 0 rings (SSSR count). The van der Waals surface area contributed by atoms with Gasteiger partial charge in [-0.25, -0.2) is 0 Å². The maximum atomic E-state index is 12.4. The largest absolute Gasteiger partial charge is 0.395 e. The summed E-state index contributed by atoms with van der Waals surface area (Å²) >= 11 is 0.